The lowest BCUT2D eigenvalue weighted by atomic mass is 10.0. The minimum absolute atomic E-state index is 0.0791. The minimum Gasteiger partial charge on any atom is -0.293 e. The summed E-state index contributed by atoms with van der Waals surface area (Å²) < 4.78 is 1.84. The molecule has 0 bridgehead atoms. The van der Waals surface area contributed by atoms with Gasteiger partial charge in [0.15, 0.2) is 4.96 Å². The number of aryl methyl sites for hydroxylation is 2. The van der Waals surface area contributed by atoms with Gasteiger partial charge in [0.25, 0.3) is 5.56 Å². The molecule has 124 valence electrons. The van der Waals surface area contributed by atoms with Gasteiger partial charge >= 0.3 is 0 Å². The third-order valence-electron chi connectivity index (χ3n) is 5.08. The Morgan fingerprint density at radius 3 is 3.12 bits per heavy atom. The molecule has 1 aliphatic heterocycles. The van der Waals surface area contributed by atoms with Gasteiger partial charge in [0.2, 0.25) is 0 Å². The Hall–Kier alpha value is -1.99. The van der Waals surface area contributed by atoms with Gasteiger partial charge in [-0.3, -0.25) is 19.2 Å². The first-order valence-electron chi connectivity index (χ1n) is 8.54. The molecule has 6 nitrogen and oxygen atoms in total. The molecule has 0 saturated carbocycles. The van der Waals surface area contributed by atoms with E-state index >= 15 is 0 Å². The Labute approximate surface area is 143 Å². The van der Waals surface area contributed by atoms with Crippen LogP contribution in [0.5, 0.6) is 0 Å². The molecule has 0 amide bonds. The summed E-state index contributed by atoms with van der Waals surface area (Å²) in [5, 5.41) is 7.18. The van der Waals surface area contributed by atoms with Crippen LogP contribution in [0.4, 0.5) is 0 Å². The molecule has 0 spiro atoms. The highest BCUT2D eigenvalue weighted by Crippen LogP contribution is 2.28. The predicted molar refractivity (Wildman–Crippen MR) is 92.4 cm³/mol. The van der Waals surface area contributed by atoms with Crippen molar-refractivity contribution < 1.29 is 0 Å². The van der Waals surface area contributed by atoms with Crippen molar-refractivity contribution in [1.29, 1.82) is 0 Å². The average molecular weight is 341 g/mol. The van der Waals surface area contributed by atoms with Gasteiger partial charge < -0.3 is 0 Å². The second-order valence-corrected chi connectivity index (χ2v) is 7.78. The number of hydrogen-bond acceptors (Lipinski definition) is 5. The number of aromatic nitrogens is 4. The number of nitrogens with one attached hydrogen (secondary N) is 1. The maximum atomic E-state index is 12.6. The van der Waals surface area contributed by atoms with Crippen molar-refractivity contribution in [2.75, 3.05) is 6.54 Å². The molecule has 0 fully saturated rings. The highest BCUT2D eigenvalue weighted by atomic mass is 32.1. The summed E-state index contributed by atoms with van der Waals surface area (Å²) in [5.41, 5.74) is 4.65. The maximum Gasteiger partial charge on any atom is 0.259 e. The summed E-state index contributed by atoms with van der Waals surface area (Å²) in [6, 6.07) is 1.72. The lowest BCUT2D eigenvalue weighted by Gasteiger charge is -2.25. The highest BCUT2D eigenvalue weighted by Gasteiger charge is 2.21. The number of hydrogen-bond donors (Lipinski definition) is 1. The van der Waals surface area contributed by atoms with Crippen LogP contribution in [0.15, 0.2) is 17.1 Å². The van der Waals surface area contributed by atoms with Crippen LogP contribution < -0.4 is 5.56 Å². The van der Waals surface area contributed by atoms with Gasteiger partial charge in [-0.15, -0.1) is 11.3 Å². The van der Waals surface area contributed by atoms with Crippen molar-refractivity contribution in [1.82, 2.24) is 24.5 Å². The van der Waals surface area contributed by atoms with Gasteiger partial charge in [-0.1, -0.05) is 0 Å². The summed E-state index contributed by atoms with van der Waals surface area (Å²) >= 11 is 1.70. The smallest absolute Gasteiger partial charge is 0.259 e. The molecule has 0 unspecified atom stereocenters. The first-order chi connectivity index (χ1) is 11.8. The number of nitrogens with zero attached hydrogens (tertiary/aromatic N) is 4. The Bertz CT molecular complexity index is 969. The Morgan fingerprint density at radius 2 is 2.17 bits per heavy atom. The van der Waals surface area contributed by atoms with Crippen LogP contribution in [0, 0.1) is 0 Å². The first-order valence-corrected chi connectivity index (χ1v) is 9.36. The molecule has 5 rings (SSSR count). The lowest BCUT2D eigenvalue weighted by Crippen LogP contribution is -2.30. The second kappa shape index (κ2) is 5.53. The molecular formula is C17H19N5OS. The van der Waals surface area contributed by atoms with Crippen molar-refractivity contribution in [3.05, 3.63) is 50.1 Å². The third-order valence-corrected chi connectivity index (χ3v) is 6.22. The minimum atomic E-state index is 0.0791. The molecule has 1 N–H and O–H groups in total. The lowest BCUT2D eigenvalue weighted by molar-refractivity contribution is 0.242. The van der Waals surface area contributed by atoms with Crippen LogP contribution in [0.1, 0.15) is 40.4 Å². The first kappa shape index (κ1) is 14.4. The molecule has 0 saturated heterocycles. The van der Waals surface area contributed by atoms with Gasteiger partial charge in [0.05, 0.1) is 11.9 Å². The highest BCUT2D eigenvalue weighted by molar-refractivity contribution is 7.17. The van der Waals surface area contributed by atoms with Crippen molar-refractivity contribution in [2.45, 2.75) is 45.2 Å². The number of fused-ring (bicyclic) bond motifs is 4. The molecule has 3 aromatic heterocycles. The molecule has 0 radical (unpaired) electrons. The molecule has 3 aromatic rings. The van der Waals surface area contributed by atoms with Crippen molar-refractivity contribution in [3.8, 4) is 0 Å². The zero-order chi connectivity index (χ0) is 16.1. The normalized spacial score (nSPS) is 17.8. The fourth-order valence-electron chi connectivity index (χ4n) is 3.87. The van der Waals surface area contributed by atoms with E-state index in [1.54, 1.807) is 17.4 Å². The van der Waals surface area contributed by atoms with Gasteiger partial charge in [-0.2, -0.15) is 5.10 Å². The summed E-state index contributed by atoms with van der Waals surface area (Å²) in [4.78, 5) is 22.0. The van der Waals surface area contributed by atoms with Gasteiger partial charge in [-0.05, 0) is 25.7 Å². The molecule has 24 heavy (non-hydrogen) atoms. The zero-order valence-electron chi connectivity index (χ0n) is 13.4. The zero-order valence-corrected chi connectivity index (χ0v) is 14.2. The fraction of sp³-hybridized carbons (Fsp3) is 0.471. The summed E-state index contributed by atoms with van der Waals surface area (Å²) in [6.07, 6.45) is 7.37. The number of thiazole rings is 1. The number of rotatable bonds is 2. The van der Waals surface area contributed by atoms with Crippen LogP contribution >= 0.6 is 11.3 Å². The Kier molecular flexibility index (Phi) is 3.31. The van der Waals surface area contributed by atoms with Crippen molar-refractivity contribution in [3.63, 3.8) is 0 Å². The van der Waals surface area contributed by atoms with Crippen LogP contribution in [0.25, 0.3) is 4.96 Å². The topological polar surface area (TPSA) is 66.3 Å². The SMILES string of the molecule is O=c1cc(CN2CCc3[nH]ncc3C2)nc2sc3c(n12)CCCC3. The van der Waals surface area contributed by atoms with E-state index in [9.17, 15) is 4.79 Å². The Balaban J connectivity index is 1.47. The van der Waals surface area contributed by atoms with Crippen molar-refractivity contribution in [2.24, 2.45) is 0 Å². The van der Waals surface area contributed by atoms with Crippen LogP contribution in [-0.2, 0) is 32.4 Å². The molecular weight excluding hydrogens is 322 g/mol. The van der Waals surface area contributed by atoms with Crippen LogP contribution in [-0.4, -0.2) is 31.0 Å². The average Bonchev–Trinajstić information content (AvgIpc) is 3.17. The van der Waals surface area contributed by atoms with Gasteiger partial charge in [0, 0.05) is 53.9 Å². The summed E-state index contributed by atoms with van der Waals surface area (Å²) in [6.45, 7) is 2.56. The number of H-pyrrole nitrogens is 1. The quantitative estimate of drug-likeness (QED) is 0.773. The molecule has 7 heteroatoms. The van der Waals surface area contributed by atoms with Gasteiger partial charge in [0.1, 0.15) is 0 Å². The van der Waals surface area contributed by atoms with Gasteiger partial charge in [-0.25, -0.2) is 4.98 Å². The second-order valence-electron chi connectivity index (χ2n) is 6.72. The van der Waals surface area contributed by atoms with Crippen LogP contribution in [0.2, 0.25) is 0 Å². The molecule has 0 aromatic carbocycles. The van der Waals surface area contributed by atoms with E-state index < -0.39 is 0 Å². The Morgan fingerprint density at radius 1 is 1.25 bits per heavy atom. The van der Waals surface area contributed by atoms with Crippen LogP contribution in [0.3, 0.4) is 0 Å². The predicted octanol–water partition coefficient (Wildman–Crippen LogP) is 1.92. The number of aromatic amines is 1. The molecule has 2 aliphatic rings. The molecule has 1 aliphatic carbocycles. The molecule has 4 heterocycles. The van der Waals surface area contributed by atoms with E-state index in [1.807, 2.05) is 10.6 Å². The largest absolute Gasteiger partial charge is 0.293 e. The monoisotopic (exact) mass is 341 g/mol. The summed E-state index contributed by atoms with van der Waals surface area (Å²) in [7, 11) is 0. The van der Waals surface area contributed by atoms with E-state index in [-0.39, 0.29) is 5.56 Å². The van der Waals surface area contributed by atoms with E-state index in [0.717, 1.165) is 49.6 Å². The van der Waals surface area contributed by atoms with E-state index in [2.05, 4.69) is 15.1 Å². The maximum absolute atomic E-state index is 12.6. The van der Waals surface area contributed by atoms with E-state index in [4.69, 9.17) is 4.98 Å². The van der Waals surface area contributed by atoms with E-state index in [0.29, 0.717) is 0 Å². The standard InChI is InChI=1S/C17H19N5OS/c23-16-7-12(10-21-6-5-13-11(9-21)8-18-20-13)19-17-22(16)14-3-1-2-4-15(14)24-17/h7-8H,1-6,9-10H2,(H,18,20). The third kappa shape index (κ3) is 2.31. The van der Waals surface area contributed by atoms with E-state index in [1.165, 1.54) is 34.7 Å². The fourth-order valence-corrected chi connectivity index (χ4v) is 5.10. The summed E-state index contributed by atoms with van der Waals surface area (Å²) in [5.74, 6) is 0. The molecule has 0 atom stereocenters. The van der Waals surface area contributed by atoms with Crippen molar-refractivity contribution >= 4 is 16.3 Å².